The van der Waals surface area contributed by atoms with Gasteiger partial charge in [0.25, 0.3) is 0 Å². The van der Waals surface area contributed by atoms with Gasteiger partial charge in [0, 0.05) is 29.1 Å². The van der Waals surface area contributed by atoms with Gasteiger partial charge in [0.2, 0.25) is 0 Å². The number of benzene rings is 3. The number of hydrogen-bond acceptors (Lipinski definition) is 2. The van der Waals surface area contributed by atoms with Crippen LogP contribution in [0.4, 0.5) is 26.3 Å². The Balaban J connectivity index is 1.78. The average Bonchev–Trinajstić information content (AvgIpc) is 3.28. The second-order valence-electron chi connectivity index (χ2n) is 7.87. The molecule has 0 saturated carbocycles. The maximum absolute atomic E-state index is 13.4. The van der Waals surface area contributed by atoms with E-state index in [4.69, 9.17) is 0 Å². The highest BCUT2D eigenvalue weighted by Crippen LogP contribution is 2.40. The highest BCUT2D eigenvalue weighted by atomic mass is 19.4. The van der Waals surface area contributed by atoms with Gasteiger partial charge in [-0.1, -0.05) is 42.5 Å². The summed E-state index contributed by atoms with van der Waals surface area (Å²) >= 11 is 0. The van der Waals surface area contributed by atoms with Crippen molar-refractivity contribution in [2.45, 2.75) is 12.4 Å². The van der Waals surface area contributed by atoms with Gasteiger partial charge in [-0.2, -0.15) is 26.3 Å². The predicted molar refractivity (Wildman–Crippen MR) is 120 cm³/mol. The summed E-state index contributed by atoms with van der Waals surface area (Å²) in [4.78, 5) is 11.5. The van der Waals surface area contributed by atoms with E-state index in [0.29, 0.717) is 34.6 Å². The minimum atomic E-state index is -4.96. The van der Waals surface area contributed by atoms with E-state index in [-0.39, 0.29) is 17.5 Å². The van der Waals surface area contributed by atoms with Crippen molar-refractivity contribution in [2.24, 2.45) is 0 Å². The lowest BCUT2D eigenvalue weighted by Crippen LogP contribution is -2.11. The van der Waals surface area contributed by atoms with Gasteiger partial charge in [-0.15, -0.1) is 0 Å². The molecule has 5 rings (SSSR count). The molecule has 0 spiro atoms. The van der Waals surface area contributed by atoms with Crippen LogP contribution in [0, 0.1) is 0 Å². The maximum Gasteiger partial charge on any atom is 0.416 e. The highest BCUT2D eigenvalue weighted by Gasteiger charge is 2.37. The Morgan fingerprint density at radius 2 is 1.29 bits per heavy atom. The first-order chi connectivity index (χ1) is 16.6. The first-order valence-corrected chi connectivity index (χ1v) is 10.4. The van der Waals surface area contributed by atoms with E-state index in [1.54, 1.807) is 18.2 Å². The summed E-state index contributed by atoms with van der Waals surface area (Å²) in [6.45, 7) is 0. The van der Waals surface area contributed by atoms with Crippen molar-refractivity contribution >= 4 is 10.8 Å². The molecule has 0 bridgehead atoms. The summed E-state index contributed by atoms with van der Waals surface area (Å²) in [5.41, 5.74) is -0.982. The van der Waals surface area contributed by atoms with Crippen molar-refractivity contribution < 1.29 is 26.3 Å². The third-order valence-corrected chi connectivity index (χ3v) is 5.58. The molecule has 3 aromatic carbocycles. The molecule has 0 fully saturated rings. The summed E-state index contributed by atoms with van der Waals surface area (Å²) in [6, 6.07) is 17.8. The van der Waals surface area contributed by atoms with Gasteiger partial charge in [0.05, 0.1) is 22.5 Å². The van der Waals surface area contributed by atoms with E-state index < -0.39 is 23.5 Å². The number of aromatic amines is 1. The largest absolute Gasteiger partial charge is 0.416 e. The molecule has 0 aliphatic carbocycles. The standard InChI is InChI=1S/C26H15F6N3/c27-25(28,29)18-12-17(13-19(14-18)26(30,31)32)24-34-22(16-8-10-33-11-9-16)23(35-24)21-7-3-5-15-4-1-2-6-20(15)21/h1-14H,(H,34,35). The zero-order valence-electron chi connectivity index (χ0n) is 17.7. The number of alkyl halides is 6. The molecular weight excluding hydrogens is 468 g/mol. The number of rotatable bonds is 3. The first-order valence-electron chi connectivity index (χ1n) is 10.4. The Morgan fingerprint density at radius 1 is 0.657 bits per heavy atom. The molecule has 0 amide bonds. The molecule has 0 unspecified atom stereocenters. The number of fused-ring (bicyclic) bond motifs is 1. The van der Waals surface area contributed by atoms with E-state index >= 15 is 0 Å². The molecule has 0 saturated heterocycles. The van der Waals surface area contributed by atoms with Crippen LogP contribution in [0.3, 0.4) is 0 Å². The van der Waals surface area contributed by atoms with Crippen LogP contribution in [-0.4, -0.2) is 15.0 Å². The van der Waals surface area contributed by atoms with Crippen LogP contribution in [-0.2, 0) is 12.4 Å². The lowest BCUT2D eigenvalue weighted by molar-refractivity contribution is -0.143. The van der Waals surface area contributed by atoms with Crippen molar-refractivity contribution in [3.63, 3.8) is 0 Å². The fraction of sp³-hybridized carbons (Fsp3) is 0.0769. The quantitative estimate of drug-likeness (QED) is 0.264. The van der Waals surface area contributed by atoms with E-state index in [1.807, 2.05) is 36.4 Å². The molecule has 0 aliphatic heterocycles. The molecule has 9 heteroatoms. The summed E-state index contributed by atoms with van der Waals surface area (Å²) in [6.07, 6.45) is -6.85. The second-order valence-corrected chi connectivity index (χ2v) is 7.87. The number of hydrogen-bond donors (Lipinski definition) is 1. The number of pyridine rings is 1. The number of nitrogens with one attached hydrogen (secondary N) is 1. The molecule has 1 N–H and O–H groups in total. The molecule has 176 valence electrons. The zero-order valence-corrected chi connectivity index (χ0v) is 17.7. The van der Waals surface area contributed by atoms with Crippen LogP contribution in [0.15, 0.2) is 85.2 Å². The Kier molecular flexibility index (Phi) is 5.35. The summed E-state index contributed by atoms with van der Waals surface area (Å²) in [5, 5.41) is 1.75. The highest BCUT2D eigenvalue weighted by molar-refractivity contribution is 5.99. The number of imidazole rings is 1. The third-order valence-electron chi connectivity index (χ3n) is 5.58. The summed E-state index contributed by atoms with van der Waals surface area (Å²) in [7, 11) is 0. The monoisotopic (exact) mass is 483 g/mol. The fourth-order valence-corrected chi connectivity index (χ4v) is 3.96. The number of aromatic nitrogens is 3. The van der Waals surface area contributed by atoms with Gasteiger partial charge in [-0.05, 0) is 41.1 Å². The van der Waals surface area contributed by atoms with Gasteiger partial charge in [-0.3, -0.25) is 4.98 Å². The van der Waals surface area contributed by atoms with Crippen LogP contribution in [0.25, 0.3) is 44.7 Å². The first kappa shape index (κ1) is 22.6. The van der Waals surface area contributed by atoms with Crippen LogP contribution in [0.1, 0.15) is 11.1 Å². The zero-order chi connectivity index (χ0) is 24.8. The Bertz CT molecular complexity index is 1480. The third kappa shape index (κ3) is 4.37. The second kappa shape index (κ2) is 8.26. The summed E-state index contributed by atoms with van der Waals surface area (Å²) < 4.78 is 80.6. The molecule has 0 atom stereocenters. The van der Waals surface area contributed by atoms with Crippen molar-refractivity contribution in [1.82, 2.24) is 15.0 Å². The maximum atomic E-state index is 13.4. The molecule has 0 aliphatic rings. The van der Waals surface area contributed by atoms with Crippen LogP contribution >= 0.6 is 0 Å². The predicted octanol–water partition coefficient (Wildman–Crippen LogP) is 8.00. The van der Waals surface area contributed by atoms with Crippen molar-refractivity contribution in [3.05, 3.63) is 96.3 Å². The fourth-order valence-electron chi connectivity index (χ4n) is 3.96. The Hall–Kier alpha value is -4.14. The Labute approximate surface area is 195 Å². The molecule has 3 nitrogen and oxygen atoms in total. The summed E-state index contributed by atoms with van der Waals surface area (Å²) in [5.74, 6) is -0.114. The van der Waals surface area contributed by atoms with E-state index in [9.17, 15) is 26.3 Å². The van der Waals surface area contributed by atoms with E-state index in [1.165, 1.54) is 12.4 Å². The normalized spacial score (nSPS) is 12.3. The molecule has 0 radical (unpaired) electrons. The van der Waals surface area contributed by atoms with Crippen molar-refractivity contribution in [3.8, 4) is 33.9 Å². The Morgan fingerprint density at radius 3 is 1.94 bits per heavy atom. The minimum Gasteiger partial charge on any atom is -0.337 e. The number of nitrogens with zero attached hydrogens (tertiary/aromatic N) is 2. The number of halogens is 6. The van der Waals surface area contributed by atoms with Gasteiger partial charge in [0.1, 0.15) is 5.82 Å². The van der Waals surface area contributed by atoms with Crippen molar-refractivity contribution in [2.75, 3.05) is 0 Å². The van der Waals surface area contributed by atoms with Gasteiger partial charge in [0.15, 0.2) is 0 Å². The molecule has 2 aromatic heterocycles. The SMILES string of the molecule is FC(F)(F)c1cc(-c2nc(-c3cccc4ccccc34)c(-c3ccncc3)[nH]2)cc(C(F)(F)F)c1. The lowest BCUT2D eigenvalue weighted by atomic mass is 9.99. The van der Waals surface area contributed by atoms with Crippen LogP contribution in [0.5, 0.6) is 0 Å². The van der Waals surface area contributed by atoms with Crippen LogP contribution in [0.2, 0.25) is 0 Å². The van der Waals surface area contributed by atoms with E-state index in [0.717, 1.165) is 10.8 Å². The topological polar surface area (TPSA) is 41.6 Å². The van der Waals surface area contributed by atoms with Gasteiger partial charge < -0.3 is 4.98 Å². The van der Waals surface area contributed by atoms with Gasteiger partial charge in [-0.25, -0.2) is 4.98 Å². The number of H-pyrrole nitrogens is 1. The van der Waals surface area contributed by atoms with Crippen molar-refractivity contribution in [1.29, 1.82) is 0 Å². The molecule has 5 aromatic rings. The molecular formula is C26H15F6N3. The van der Waals surface area contributed by atoms with E-state index in [2.05, 4.69) is 15.0 Å². The minimum absolute atomic E-state index is 0.0990. The molecule has 35 heavy (non-hydrogen) atoms. The van der Waals surface area contributed by atoms with Gasteiger partial charge >= 0.3 is 12.4 Å². The molecule has 2 heterocycles. The van der Waals surface area contributed by atoms with Crippen LogP contribution < -0.4 is 0 Å². The average molecular weight is 483 g/mol. The lowest BCUT2D eigenvalue weighted by Gasteiger charge is -2.13. The smallest absolute Gasteiger partial charge is 0.337 e.